The minimum atomic E-state index is -3.71. The molecule has 0 aliphatic carbocycles. The van der Waals surface area contributed by atoms with Gasteiger partial charge in [-0.2, -0.15) is 0 Å². The van der Waals surface area contributed by atoms with E-state index in [4.69, 9.17) is 5.14 Å². The van der Waals surface area contributed by atoms with Gasteiger partial charge in [-0.3, -0.25) is 10.2 Å². The number of nitrogens with two attached hydrogens (primary N) is 1. The predicted octanol–water partition coefficient (Wildman–Crippen LogP) is 2.62. The van der Waals surface area contributed by atoms with Gasteiger partial charge in [0.15, 0.2) is 5.65 Å². The zero-order chi connectivity index (χ0) is 17.8. The van der Waals surface area contributed by atoms with Crippen LogP contribution in [0.3, 0.4) is 0 Å². The summed E-state index contributed by atoms with van der Waals surface area (Å²) in [5.74, 6) is 0. The van der Waals surface area contributed by atoms with Crippen molar-refractivity contribution < 1.29 is 8.42 Å². The van der Waals surface area contributed by atoms with E-state index in [-0.39, 0.29) is 4.90 Å². The van der Waals surface area contributed by atoms with Crippen LogP contribution < -0.4 is 5.14 Å². The molecule has 0 bridgehead atoms. The largest absolute Gasteiger partial charge is 0.299 e. The molecule has 128 valence electrons. The molecule has 0 fully saturated rings. The highest BCUT2D eigenvalue weighted by Crippen LogP contribution is 2.34. The number of nitrogens with one attached hydrogen (secondary N) is 2. The fourth-order valence-electron chi connectivity index (χ4n) is 3.20. The van der Waals surface area contributed by atoms with Crippen molar-refractivity contribution >= 4 is 32.0 Å². The van der Waals surface area contributed by atoms with Crippen LogP contribution in [0.4, 0.5) is 0 Å². The van der Waals surface area contributed by atoms with Crippen LogP contribution in [0.2, 0.25) is 0 Å². The monoisotopic (exact) mass is 355 g/mol. The molecule has 8 heteroatoms. The number of benzene rings is 1. The smallest absolute Gasteiger partial charge is 0.238 e. The van der Waals surface area contributed by atoms with Gasteiger partial charge in [0.05, 0.1) is 21.8 Å². The van der Waals surface area contributed by atoms with Crippen LogP contribution in [0, 0.1) is 6.92 Å². The van der Waals surface area contributed by atoms with E-state index in [1.165, 1.54) is 12.1 Å². The minimum absolute atomic E-state index is 0.0850. The maximum atomic E-state index is 11.4. The van der Waals surface area contributed by atoms with E-state index in [9.17, 15) is 8.42 Å². The average molecular weight is 355 g/mol. The number of fused-ring (bicyclic) bond motifs is 3. The van der Waals surface area contributed by atoms with E-state index < -0.39 is 10.0 Å². The highest BCUT2D eigenvalue weighted by molar-refractivity contribution is 7.89. The Kier molecular flexibility index (Phi) is 3.41. The molecule has 0 spiro atoms. The summed E-state index contributed by atoms with van der Waals surface area (Å²) in [7, 11) is -3.71. The molecule has 1 aromatic carbocycles. The van der Waals surface area contributed by atoms with Gasteiger partial charge in [0.2, 0.25) is 10.0 Å². The molecule has 0 atom stereocenters. The maximum Gasteiger partial charge on any atom is 0.238 e. The summed E-state index contributed by atoms with van der Waals surface area (Å²) in [4.78, 5) is 9.10. The van der Waals surface area contributed by atoms with Crippen molar-refractivity contribution in [2.24, 2.45) is 5.14 Å². The number of primary sulfonamides is 1. The summed E-state index contributed by atoms with van der Waals surface area (Å²) in [6.45, 7) is 4.02. The van der Waals surface area contributed by atoms with Crippen LogP contribution in [-0.2, 0) is 16.4 Å². The lowest BCUT2D eigenvalue weighted by Gasteiger charge is -2.04. The number of aryl methyl sites for hydroxylation is 2. The number of aromatic amines is 2. The Morgan fingerprint density at radius 3 is 2.48 bits per heavy atom. The summed E-state index contributed by atoms with van der Waals surface area (Å²) in [5, 5.41) is 13.6. The van der Waals surface area contributed by atoms with Crippen LogP contribution in [0.1, 0.15) is 18.2 Å². The van der Waals surface area contributed by atoms with Crippen molar-refractivity contribution in [2.75, 3.05) is 0 Å². The SMILES string of the molecule is CCc1cnc2nc(C)c3c(-c4ccc(S(N)(=O)=O)cc4)[nH][nH]c3c12. The highest BCUT2D eigenvalue weighted by atomic mass is 32.2. The number of rotatable bonds is 3. The summed E-state index contributed by atoms with van der Waals surface area (Å²) >= 11 is 0. The van der Waals surface area contributed by atoms with E-state index in [0.717, 1.165) is 50.9 Å². The van der Waals surface area contributed by atoms with E-state index in [1.54, 1.807) is 12.1 Å². The summed E-state index contributed by atoms with van der Waals surface area (Å²) in [5.41, 5.74) is 5.38. The third-order valence-corrected chi connectivity index (χ3v) is 5.37. The molecule has 0 amide bonds. The molecule has 3 heterocycles. The lowest BCUT2D eigenvalue weighted by molar-refractivity contribution is 0.598. The van der Waals surface area contributed by atoms with Crippen molar-refractivity contribution in [3.63, 3.8) is 0 Å². The second kappa shape index (κ2) is 5.40. The van der Waals surface area contributed by atoms with Gasteiger partial charge in [-0.05, 0) is 31.0 Å². The van der Waals surface area contributed by atoms with Crippen molar-refractivity contribution in [1.29, 1.82) is 0 Å². The molecule has 0 radical (unpaired) electrons. The molecule has 0 saturated carbocycles. The number of hydrogen-bond donors (Lipinski definition) is 3. The third-order valence-electron chi connectivity index (χ3n) is 4.44. The van der Waals surface area contributed by atoms with E-state index >= 15 is 0 Å². The molecule has 25 heavy (non-hydrogen) atoms. The summed E-state index contributed by atoms with van der Waals surface area (Å²) in [6.07, 6.45) is 2.73. The lowest BCUT2D eigenvalue weighted by Crippen LogP contribution is -2.11. The molecule has 3 aromatic heterocycles. The molecule has 7 nitrogen and oxygen atoms in total. The summed E-state index contributed by atoms with van der Waals surface area (Å²) in [6, 6.07) is 6.46. The van der Waals surface area contributed by atoms with Gasteiger partial charge < -0.3 is 0 Å². The molecule has 0 saturated heterocycles. The van der Waals surface area contributed by atoms with Crippen molar-refractivity contribution in [3.8, 4) is 11.3 Å². The lowest BCUT2D eigenvalue weighted by atomic mass is 10.0. The van der Waals surface area contributed by atoms with Gasteiger partial charge >= 0.3 is 0 Å². The Morgan fingerprint density at radius 2 is 1.84 bits per heavy atom. The molecular weight excluding hydrogens is 338 g/mol. The number of H-pyrrole nitrogens is 2. The van der Waals surface area contributed by atoms with Crippen molar-refractivity contribution in [2.45, 2.75) is 25.2 Å². The Hall–Kier alpha value is -2.71. The Balaban J connectivity index is 1.97. The molecule has 4 rings (SSSR count). The first-order valence-electron chi connectivity index (χ1n) is 7.87. The van der Waals surface area contributed by atoms with Gasteiger partial charge in [-0.1, -0.05) is 19.1 Å². The van der Waals surface area contributed by atoms with E-state index in [2.05, 4.69) is 27.1 Å². The number of sulfonamides is 1. The fraction of sp³-hybridized carbons (Fsp3) is 0.176. The fourth-order valence-corrected chi connectivity index (χ4v) is 3.72. The zero-order valence-electron chi connectivity index (χ0n) is 13.8. The summed E-state index contributed by atoms with van der Waals surface area (Å²) < 4.78 is 22.9. The standard InChI is InChI=1S/C17H17N5O2S/c1-3-10-8-19-17-14(10)16-13(9(2)20-17)15(21-22-16)11-4-6-12(7-5-11)25(18,23)24/h4-8,21-22H,3H2,1-2H3,(H2,18,23,24). The molecule has 4 aromatic rings. The number of nitrogens with zero attached hydrogens (tertiary/aromatic N) is 2. The second-order valence-electron chi connectivity index (χ2n) is 5.98. The molecule has 0 aliphatic rings. The molecule has 0 aliphatic heterocycles. The van der Waals surface area contributed by atoms with Gasteiger partial charge in [-0.15, -0.1) is 0 Å². The Morgan fingerprint density at radius 1 is 1.12 bits per heavy atom. The average Bonchev–Trinajstić information content (AvgIpc) is 3.18. The van der Waals surface area contributed by atoms with E-state index in [1.807, 2.05) is 13.1 Å². The maximum absolute atomic E-state index is 11.4. The first-order chi connectivity index (χ1) is 11.9. The minimum Gasteiger partial charge on any atom is -0.299 e. The van der Waals surface area contributed by atoms with Crippen molar-refractivity contribution in [1.82, 2.24) is 20.2 Å². The molecule has 4 N–H and O–H groups in total. The second-order valence-corrected chi connectivity index (χ2v) is 7.54. The first kappa shape index (κ1) is 15.8. The topological polar surface area (TPSA) is 118 Å². The van der Waals surface area contributed by atoms with Crippen LogP contribution in [-0.4, -0.2) is 28.6 Å². The third kappa shape index (κ3) is 2.41. The normalized spacial score (nSPS) is 12.3. The van der Waals surface area contributed by atoms with Gasteiger partial charge in [-0.25, -0.2) is 23.5 Å². The predicted molar refractivity (Wildman–Crippen MR) is 96.7 cm³/mol. The molecular formula is C17H17N5O2S. The highest BCUT2D eigenvalue weighted by Gasteiger charge is 2.17. The van der Waals surface area contributed by atoms with Crippen molar-refractivity contribution in [3.05, 3.63) is 41.7 Å². The first-order valence-corrected chi connectivity index (χ1v) is 9.42. The zero-order valence-corrected chi connectivity index (χ0v) is 14.6. The number of aromatic nitrogens is 4. The van der Waals surface area contributed by atoms with Gasteiger partial charge in [0.1, 0.15) is 0 Å². The van der Waals surface area contributed by atoms with E-state index in [0.29, 0.717) is 0 Å². The Labute approximate surface area is 144 Å². The van der Waals surface area contributed by atoms with Crippen LogP contribution in [0.15, 0.2) is 35.4 Å². The molecule has 0 unspecified atom stereocenters. The van der Waals surface area contributed by atoms with Crippen LogP contribution in [0.25, 0.3) is 33.2 Å². The van der Waals surface area contributed by atoms with Gasteiger partial charge in [0, 0.05) is 22.5 Å². The Bertz CT molecular complexity index is 1200. The van der Waals surface area contributed by atoms with Crippen LogP contribution >= 0.6 is 0 Å². The number of pyridine rings is 1. The number of hydrogen-bond acceptors (Lipinski definition) is 4. The quantitative estimate of drug-likeness (QED) is 0.523. The van der Waals surface area contributed by atoms with Gasteiger partial charge in [0.25, 0.3) is 0 Å². The van der Waals surface area contributed by atoms with Crippen LogP contribution in [0.5, 0.6) is 0 Å².